The average Bonchev–Trinajstić information content (AvgIpc) is 3.76. The fourth-order valence-electron chi connectivity index (χ4n) is 7.71. The van der Waals surface area contributed by atoms with Gasteiger partial charge < -0.3 is 9.52 Å². The summed E-state index contributed by atoms with van der Waals surface area (Å²) in [6.07, 6.45) is 1.83. The molecule has 0 aliphatic rings. The molecule has 9 rings (SSSR count). The molecule has 0 fully saturated rings. The summed E-state index contributed by atoms with van der Waals surface area (Å²) >= 11 is 0. The van der Waals surface area contributed by atoms with Gasteiger partial charge in [-0.15, -0.1) is 0 Å². The largest absolute Gasteiger partial charge is 0.507 e. The third-order valence-electron chi connectivity index (χ3n) is 10.7. The van der Waals surface area contributed by atoms with Gasteiger partial charge in [-0.2, -0.15) is 0 Å². The smallest absolute Gasteiger partial charge is 0.149 e. The number of aromatic hydroxyl groups is 1. The average molecular weight is 718 g/mol. The highest BCUT2D eigenvalue weighted by Gasteiger charge is 2.25. The molecule has 0 aliphatic carbocycles. The molecular weight excluding hydrogens is 675 g/mol. The predicted molar refractivity (Wildman–Crippen MR) is 227 cm³/mol. The van der Waals surface area contributed by atoms with Crippen molar-refractivity contribution in [3.05, 3.63) is 157 Å². The van der Waals surface area contributed by atoms with Crippen molar-refractivity contribution in [2.24, 2.45) is 0 Å². The molecule has 0 saturated carbocycles. The van der Waals surface area contributed by atoms with E-state index in [0.29, 0.717) is 11.4 Å². The van der Waals surface area contributed by atoms with E-state index in [4.69, 9.17) is 14.4 Å². The van der Waals surface area contributed by atoms with Crippen LogP contribution in [0, 0.1) is 0 Å². The maximum Gasteiger partial charge on any atom is 0.149 e. The molecule has 0 amide bonds. The Kier molecular flexibility index (Phi) is 8.01. The van der Waals surface area contributed by atoms with E-state index in [1.165, 1.54) is 11.1 Å². The molecule has 0 unspecified atom stereocenters. The Labute approximate surface area is 321 Å². The topological polar surface area (TPSA) is 64.1 Å². The Bertz CT molecular complexity index is 2900. The van der Waals surface area contributed by atoms with Crippen molar-refractivity contribution in [1.82, 2.24) is 14.5 Å². The molecule has 1 N–H and O–H groups in total. The van der Waals surface area contributed by atoms with E-state index in [2.05, 4.69) is 131 Å². The first-order chi connectivity index (χ1) is 26.5. The van der Waals surface area contributed by atoms with Crippen molar-refractivity contribution in [2.45, 2.75) is 52.4 Å². The number of phenolic OH excluding ortho intramolecular Hbond substituents is 1. The van der Waals surface area contributed by atoms with Crippen molar-refractivity contribution >= 4 is 33.0 Å². The van der Waals surface area contributed by atoms with Gasteiger partial charge in [0.05, 0.1) is 33.4 Å². The number of furan rings is 1. The van der Waals surface area contributed by atoms with Gasteiger partial charge in [0.1, 0.15) is 22.7 Å². The van der Waals surface area contributed by atoms with Crippen molar-refractivity contribution in [3.8, 4) is 56.3 Å². The van der Waals surface area contributed by atoms with E-state index in [9.17, 15) is 5.11 Å². The second-order valence-corrected chi connectivity index (χ2v) is 16.5. The van der Waals surface area contributed by atoms with Gasteiger partial charge >= 0.3 is 0 Å². The van der Waals surface area contributed by atoms with Gasteiger partial charge in [0, 0.05) is 28.3 Å². The van der Waals surface area contributed by atoms with Crippen LogP contribution in [0.4, 0.5) is 0 Å². The molecule has 9 aromatic rings. The predicted octanol–water partition coefficient (Wildman–Crippen LogP) is 13.3. The number of phenols is 1. The molecule has 0 radical (unpaired) electrons. The number of hydrogen-bond donors (Lipinski definition) is 1. The third kappa shape index (κ3) is 5.97. The first-order valence-electron chi connectivity index (χ1n) is 18.9. The zero-order valence-corrected chi connectivity index (χ0v) is 32.1. The van der Waals surface area contributed by atoms with Crippen LogP contribution in [-0.4, -0.2) is 19.6 Å². The van der Waals surface area contributed by atoms with E-state index in [0.717, 1.165) is 72.2 Å². The zero-order valence-electron chi connectivity index (χ0n) is 32.1. The van der Waals surface area contributed by atoms with Crippen LogP contribution in [0.3, 0.4) is 0 Å². The Balaban J connectivity index is 1.34. The van der Waals surface area contributed by atoms with Gasteiger partial charge in [-0.3, -0.25) is 9.55 Å². The molecule has 270 valence electrons. The lowest BCUT2D eigenvalue weighted by Gasteiger charge is -2.23. The summed E-state index contributed by atoms with van der Waals surface area (Å²) < 4.78 is 8.51. The Morgan fingerprint density at radius 1 is 0.564 bits per heavy atom. The zero-order chi connectivity index (χ0) is 38.1. The van der Waals surface area contributed by atoms with Gasteiger partial charge in [-0.1, -0.05) is 126 Å². The monoisotopic (exact) mass is 717 g/mol. The Morgan fingerprint density at radius 2 is 1.27 bits per heavy atom. The fraction of sp³-hybridized carbons (Fsp3) is 0.160. The molecule has 5 heteroatoms. The summed E-state index contributed by atoms with van der Waals surface area (Å²) in [7, 11) is 0. The van der Waals surface area contributed by atoms with Gasteiger partial charge in [0.15, 0.2) is 0 Å². The number of para-hydroxylation sites is 3. The Morgan fingerprint density at radius 3 is 2.05 bits per heavy atom. The molecule has 0 saturated heterocycles. The molecule has 0 bridgehead atoms. The van der Waals surface area contributed by atoms with Crippen LogP contribution in [0.5, 0.6) is 5.75 Å². The molecule has 5 nitrogen and oxygen atoms in total. The first kappa shape index (κ1) is 34.3. The first-order valence-corrected chi connectivity index (χ1v) is 18.9. The van der Waals surface area contributed by atoms with Crippen LogP contribution < -0.4 is 0 Å². The molecular formula is C50H43N3O2. The maximum absolute atomic E-state index is 11.3. The van der Waals surface area contributed by atoms with Crippen LogP contribution in [0.2, 0.25) is 0 Å². The highest BCUT2D eigenvalue weighted by atomic mass is 16.3. The van der Waals surface area contributed by atoms with E-state index in [-0.39, 0.29) is 16.6 Å². The number of benzene rings is 6. The minimum absolute atomic E-state index is 0.0511. The molecule has 55 heavy (non-hydrogen) atoms. The molecule has 3 heterocycles. The number of nitrogens with zero attached hydrogens (tertiary/aromatic N) is 3. The molecule has 0 spiro atoms. The van der Waals surface area contributed by atoms with E-state index in [1.807, 2.05) is 54.7 Å². The normalized spacial score (nSPS) is 12.3. The van der Waals surface area contributed by atoms with Crippen molar-refractivity contribution in [2.75, 3.05) is 0 Å². The highest BCUT2D eigenvalue weighted by molar-refractivity contribution is 6.11. The number of fused-ring (bicyclic) bond motifs is 4. The lowest BCUT2D eigenvalue weighted by molar-refractivity contribution is 0.477. The lowest BCUT2D eigenvalue weighted by Crippen LogP contribution is -2.12. The summed E-state index contributed by atoms with van der Waals surface area (Å²) in [4.78, 5) is 10.4. The minimum atomic E-state index is -0.148. The van der Waals surface area contributed by atoms with Crippen LogP contribution in [0.25, 0.3) is 83.6 Å². The van der Waals surface area contributed by atoms with Gasteiger partial charge in [-0.25, -0.2) is 4.98 Å². The molecule has 0 aliphatic heterocycles. The minimum Gasteiger partial charge on any atom is -0.507 e. The third-order valence-corrected chi connectivity index (χ3v) is 10.7. The molecule has 0 atom stereocenters. The second-order valence-electron chi connectivity index (χ2n) is 16.5. The maximum atomic E-state index is 11.3. The summed E-state index contributed by atoms with van der Waals surface area (Å²) in [6, 6.07) is 48.0. The SMILES string of the molecule is CC(C)(C)c1cc(-c2cccc3c2nc(-c2ccccc2O)n3-c2ccc(C(C)(C)C)cc2-c2ccccc2)cc(-c2nccc3oc4ccccc4c23)c1. The van der Waals surface area contributed by atoms with E-state index in [1.54, 1.807) is 6.07 Å². The second kappa shape index (κ2) is 12.8. The molecule has 3 aromatic heterocycles. The van der Waals surface area contributed by atoms with Crippen LogP contribution in [-0.2, 0) is 10.8 Å². The van der Waals surface area contributed by atoms with Gasteiger partial charge in [0.25, 0.3) is 0 Å². The summed E-state index contributed by atoms with van der Waals surface area (Å²) in [6.45, 7) is 13.5. The number of pyridine rings is 1. The number of imidazole rings is 1. The highest BCUT2D eigenvalue weighted by Crippen LogP contribution is 2.43. The van der Waals surface area contributed by atoms with Crippen LogP contribution >= 0.6 is 0 Å². The quantitative estimate of drug-likeness (QED) is 0.192. The van der Waals surface area contributed by atoms with Crippen LogP contribution in [0.15, 0.2) is 150 Å². The summed E-state index contributed by atoms with van der Waals surface area (Å²) in [5, 5.41) is 13.4. The van der Waals surface area contributed by atoms with Gasteiger partial charge in [0.2, 0.25) is 0 Å². The lowest BCUT2D eigenvalue weighted by atomic mass is 9.83. The van der Waals surface area contributed by atoms with Crippen LogP contribution in [0.1, 0.15) is 52.7 Å². The fourth-order valence-corrected chi connectivity index (χ4v) is 7.71. The summed E-state index contributed by atoms with van der Waals surface area (Å²) in [5.41, 5.74) is 13.5. The van der Waals surface area contributed by atoms with Crippen molar-refractivity contribution in [3.63, 3.8) is 0 Å². The summed E-state index contributed by atoms with van der Waals surface area (Å²) in [5.74, 6) is 0.849. The molecule has 6 aromatic carbocycles. The number of aromatic nitrogens is 3. The van der Waals surface area contributed by atoms with Crippen molar-refractivity contribution in [1.29, 1.82) is 0 Å². The van der Waals surface area contributed by atoms with E-state index >= 15 is 0 Å². The standard InChI is InChI=1S/C50H43N3O2/c1-49(2,3)34-23-24-40(39(30-34)31-15-8-7-9-16-31)53-41-20-14-19-36(47(41)52-48(53)37-17-10-12-21-42(37)54)32-27-33(29-35(28-32)50(4,5)6)46-45-38-18-11-13-22-43(38)55-44(45)25-26-51-46/h7-30,54H,1-6H3. The van der Waals surface area contributed by atoms with E-state index < -0.39 is 0 Å². The van der Waals surface area contributed by atoms with Gasteiger partial charge in [-0.05, 0) is 87.7 Å². The number of hydrogen-bond acceptors (Lipinski definition) is 4. The Hall–Kier alpha value is -6.46. The number of rotatable bonds is 5. The van der Waals surface area contributed by atoms with Crippen molar-refractivity contribution < 1.29 is 9.52 Å².